The summed E-state index contributed by atoms with van der Waals surface area (Å²) in [6, 6.07) is 16.4. The lowest BCUT2D eigenvalue weighted by Crippen LogP contribution is -2.12. The molecule has 0 saturated carbocycles. The van der Waals surface area contributed by atoms with Crippen LogP contribution in [0.5, 0.6) is 11.5 Å². The molecule has 27 heavy (non-hydrogen) atoms. The molecule has 0 saturated heterocycles. The molecule has 138 valence electrons. The van der Waals surface area contributed by atoms with Gasteiger partial charge in [0.25, 0.3) is 5.91 Å². The molecule has 6 heteroatoms. The summed E-state index contributed by atoms with van der Waals surface area (Å²) < 4.78 is 10.6. The fourth-order valence-corrected chi connectivity index (χ4v) is 2.53. The number of benzene rings is 2. The Morgan fingerprint density at radius 2 is 1.74 bits per heavy atom. The Labute approximate surface area is 158 Å². The van der Waals surface area contributed by atoms with Crippen LogP contribution in [0.25, 0.3) is 0 Å². The van der Waals surface area contributed by atoms with E-state index in [0.717, 1.165) is 11.3 Å². The number of rotatable bonds is 6. The molecular weight excluding hydrogens is 342 g/mol. The van der Waals surface area contributed by atoms with E-state index in [-0.39, 0.29) is 5.91 Å². The van der Waals surface area contributed by atoms with Crippen molar-refractivity contribution in [3.8, 4) is 11.5 Å². The summed E-state index contributed by atoms with van der Waals surface area (Å²) in [5.41, 5.74) is 3.07. The summed E-state index contributed by atoms with van der Waals surface area (Å²) in [5.74, 6) is 1.65. The summed E-state index contributed by atoms with van der Waals surface area (Å²) in [6.45, 7) is 2.00. The SMILES string of the molecule is COc1ccc(OC)c(Nc2cc(C(=O)Nc3ccc(C)cc3)ccn2)c1. The van der Waals surface area contributed by atoms with Crippen LogP contribution in [0.3, 0.4) is 0 Å². The van der Waals surface area contributed by atoms with Crippen molar-refractivity contribution in [3.63, 3.8) is 0 Å². The zero-order chi connectivity index (χ0) is 19.2. The predicted molar refractivity (Wildman–Crippen MR) is 106 cm³/mol. The number of carbonyl (C=O) groups is 1. The van der Waals surface area contributed by atoms with Crippen LogP contribution in [0.4, 0.5) is 17.2 Å². The maximum atomic E-state index is 12.5. The van der Waals surface area contributed by atoms with E-state index in [1.807, 2.05) is 37.3 Å². The minimum Gasteiger partial charge on any atom is -0.497 e. The van der Waals surface area contributed by atoms with Crippen molar-refractivity contribution in [1.29, 1.82) is 0 Å². The molecule has 0 radical (unpaired) electrons. The maximum absolute atomic E-state index is 12.5. The highest BCUT2D eigenvalue weighted by Gasteiger charge is 2.10. The molecule has 0 aliphatic heterocycles. The van der Waals surface area contributed by atoms with Gasteiger partial charge < -0.3 is 20.1 Å². The van der Waals surface area contributed by atoms with Gasteiger partial charge >= 0.3 is 0 Å². The van der Waals surface area contributed by atoms with Crippen molar-refractivity contribution >= 4 is 23.1 Å². The standard InChI is InChI=1S/C21H21N3O3/c1-14-4-6-16(7-5-14)23-21(25)15-10-11-22-20(12-15)24-18-13-17(26-2)8-9-19(18)27-3/h4-13H,1-3H3,(H,22,24)(H,23,25). The first kappa shape index (κ1) is 18.3. The van der Waals surface area contributed by atoms with E-state index < -0.39 is 0 Å². The van der Waals surface area contributed by atoms with Crippen LogP contribution in [-0.4, -0.2) is 25.1 Å². The molecule has 2 N–H and O–H groups in total. The molecule has 0 aliphatic rings. The molecule has 0 atom stereocenters. The van der Waals surface area contributed by atoms with Gasteiger partial charge in [0.1, 0.15) is 17.3 Å². The number of hydrogen-bond acceptors (Lipinski definition) is 5. The molecule has 2 aromatic carbocycles. The predicted octanol–water partition coefficient (Wildman–Crippen LogP) is 4.40. The topological polar surface area (TPSA) is 72.5 Å². The lowest BCUT2D eigenvalue weighted by atomic mass is 10.2. The second kappa shape index (κ2) is 8.23. The highest BCUT2D eigenvalue weighted by atomic mass is 16.5. The van der Waals surface area contributed by atoms with Crippen molar-refractivity contribution in [3.05, 3.63) is 71.9 Å². The van der Waals surface area contributed by atoms with E-state index in [1.165, 1.54) is 0 Å². The third kappa shape index (κ3) is 4.55. The first-order valence-electron chi connectivity index (χ1n) is 8.42. The molecule has 0 bridgehead atoms. The van der Waals surface area contributed by atoms with Gasteiger partial charge in [0.15, 0.2) is 0 Å². The summed E-state index contributed by atoms with van der Waals surface area (Å²) in [5, 5.41) is 6.05. The lowest BCUT2D eigenvalue weighted by Gasteiger charge is -2.13. The van der Waals surface area contributed by atoms with Gasteiger partial charge in [0, 0.05) is 23.5 Å². The number of methoxy groups -OCH3 is 2. The summed E-state index contributed by atoms with van der Waals surface area (Å²) >= 11 is 0. The smallest absolute Gasteiger partial charge is 0.255 e. The Balaban J connectivity index is 1.79. The number of pyridine rings is 1. The van der Waals surface area contributed by atoms with Crippen LogP contribution < -0.4 is 20.1 Å². The Bertz CT molecular complexity index is 940. The number of anilines is 3. The second-order valence-corrected chi connectivity index (χ2v) is 5.94. The maximum Gasteiger partial charge on any atom is 0.255 e. The van der Waals surface area contributed by atoms with Crippen molar-refractivity contribution in [2.45, 2.75) is 6.92 Å². The quantitative estimate of drug-likeness (QED) is 0.679. The zero-order valence-corrected chi connectivity index (χ0v) is 15.4. The van der Waals surface area contributed by atoms with E-state index in [0.29, 0.717) is 28.6 Å². The molecule has 1 amide bonds. The molecule has 1 heterocycles. The van der Waals surface area contributed by atoms with Gasteiger partial charge in [0.05, 0.1) is 19.9 Å². The number of nitrogens with one attached hydrogen (secondary N) is 2. The van der Waals surface area contributed by atoms with E-state index in [2.05, 4.69) is 15.6 Å². The Kier molecular flexibility index (Phi) is 5.56. The largest absolute Gasteiger partial charge is 0.497 e. The lowest BCUT2D eigenvalue weighted by molar-refractivity contribution is 0.102. The van der Waals surface area contributed by atoms with Crippen molar-refractivity contribution < 1.29 is 14.3 Å². The fourth-order valence-electron chi connectivity index (χ4n) is 2.53. The van der Waals surface area contributed by atoms with Gasteiger partial charge in [-0.1, -0.05) is 17.7 Å². The van der Waals surface area contributed by atoms with Gasteiger partial charge in [-0.2, -0.15) is 0 Å². The van der Waals surface area contributed by atoms with Crippen molar-refractivity contribution in [1.82, 2.24) is 4.98 Å². The molecular formula is C21H21N3O3. The van der Waals surface area contributed by atoms with Gasteiger partial charge in [-0.25, -0.2) is 4.98 Å². The average molecular weight is 363 g/mol. The number of aromatic nitrogens is 1. The number of nitrogens with zero attached hydrogens (tertiary/aromatic N) is 1. The monoisotopic (exact) mass is 363 g/mol. The second-order valence-electron chi connectivity index (χ2n) is 5.94. The van der Waals surface area contributed by atoms with Crippen LogP contribution in [0.15, 0.2) is 60.8 Å². The Hall–Kier alpha value is -3.54. The third-order valence-electron chi connectivity index (χ3n) is 4.00. The highest BCUT2D eigenvalue weighted by Crippen LogP contribution is 2.31. The molecule has 0 spiro atoms. The molecule has 0 fully saturated rings. The van der Waals surface area contributed by atoms with Gasteiger partial charge in [-0.05, 0) is 43.3 Å². The molecule has 3 rings (SSSR count). The van der Waals surface area contributed by atoms with Gasteiger partial charge in [-0.15, -0.1) is 0 Å². The van der Waals surface area contributed by atoms with Crippen molar-refractivity contribution in [2.75, 3.05) is 24.9 Å². The number of aryl methyl sites for hydroxylation is 1. The molecule has 0 unspecified atom stereocenters. The van der Waals surface area contributed by atoms with Crippen LogP contribution >= 0.6 is 0 Å². The van der Waals surface area contributed by atoms with Crippen LogP contribution in [0.2, 0.25) is 0 Å². The zero-order valence-electron chi connectivity index (χ0n) is 15.4. The molecule has 0 aliphatic carbocycles. The summed E-state index contributed by atoms with van der Waals surface area (Å²) in [7, 11) is 3.19. The third-order valence-corrected chi connectivity index (χ3v) is 4.00. The van der Waals surface area contributed by atoms with Gasteiger partial charge in [-0.3, -0.25) is 4.79 Å². The van der Waals surface area contributed by atoms with Gasteiger partial charge in [0.2, 0.25) is 0 Å². The van der Waals surface area contributed by atoms with Crippen molar-refractivity contribution in [2.24, 2.45) is 0 Å². The first-order valence-corrected chi connectivity index (χ1v) is 8.42. The van der Waals surface area contributed by atoms with Crippen LogP contribution in [0.1, 0.15) is 15.9 Å². The van der Waals surface area contributed by atoms with E-state index >= 15 is 0 Å². The van der Waals surface area contributed by atoms with Crippen LogP contribution in [0, 0.1) is 6.92 Å². The summed E-state index contributed by atoms with van der Waals surface area (Å²) in [6.07, 6.45) is 1.58. The minimum absolute atomic E-state index is 0.207. The highest BCUT2D eigenvalue weighted by molar-refractivity contribution is 6.04. The van der Waals surface area contributed by atoms with E-state index in [9.17, 15) is 4.79 Å². The normalized spacial score (nSPS) is 10.2. The summed E-state index contributed by atoms with van der Waals surface area (Å²) in [4.78, 5) is 16.8. The number of hydrogen-bond donors (Lipinski definition) is 2. The minimum atomic E-state index is -0.207. The van der Waals surface area contributed by atoms with Crippen LogP contribution in [-0.2, 0) is 0 Å². The van der Waals surface area contributed by atoms with E-state index in [4.69, 9.17) is 9.47 Å². The molecule has 3 aromatic rings. The Morgan fingerprint density at radius 1 is 0.963 bits per heavy atom. The Morgan fingerprint density at radius 3 is 2.44 bits per heavy atom. The fraction of sp³-hybridized carbons (Fsp3) is 0.143. The number of amides is 1. The van der Waals surface area contributed by atoms with E-state index in [1.54, 1.807) is 44.7 Å². The molecule has 1 aromatic heterocycles. The number of carbonyl (C=O) groups excluding carboxylic acids is 1. The average Bonchev–Trinajstić information content (AvgIpc) is 2.70. The molecule has 6 nitrogen and oxygen atoms in total. The number of ether oxygens (including phenoxy) is 2. The first-order chi connectivity index (χ1) is 13.1.